The van der Waals surface area contributed by atoms with Crippen molar-refractivity contribution in [2.24, 2.45) is 0 Å². The molecule has 0 aliphatic rings. The molecule has 0 atom stereocenters. The van der Waals surface area contributed by atoms with Crippen molar-refractivity contribution in [1.82, 2.24) is 15.2 Å². The van der Waals surface area contributed by atoms with E-state index >= 15 is 0 Å². The molecule has 1 aromatic heterocycles. The van der Waals surface area contributed by atoms with Crippen LogP contribution in [0.4, 0.5) is 16.0 Å². The third kappa shape index (κ3) is 3.36. The van der Waals surface area contributed by atoms with Crippen molar-refractivity contribution in [3.8, 4) is 17.0 Å². The summed E-state index contributed by atoms with van der Waals surface area (Å²) in [5.41, 5.74) is 0.857. The number of H-pyrrole nitrogens is 1. The number of anilines is 2. The van der Waals surface area contributed by atoms with Crippen LogP contribution in [0.15, 0.2) is 47.3 Å². The molecule has 1 heterocycles. The van der Waals surface area contributed by atoms with E-state index in [0.29, 0.717) is 17.0 Å². The largest absolute Gasteiger partial charge is 0.497 e. The van der Waals surface area contributed by atoms with Gasteiger partial charge in [0, 0.05) is 11.3 Å². The van der Waals surface area contributed by atoms with E-state index in [4.69, 9.17) is 16.3 Å². The first-order valence-electron chi connectivity index (χ1n) is 6.90. The van der Waals surface area contributed by atoms with Gasteiger partial charge in [0.1, 0.15) is 11.6 Å². The van der Waals surface area contributed by atoms with Gasteiger partial charge < -0.3 is 10.1 Å². The molecule has 0 radical (unpaired) electrons. The van der Waals surface area contributed by atoms with Crippen molar-refractivity contribution in [3.05, 3.63) is 63.7 Å². The normalized spacial score (nSPS) is 10.5. The van der Waals surface area contributed by atoms with Crippen LogP contribution in [-0.2, 0) is 0 Å². The van der Waals surface area contributed by atoms with Crippen molar-refractivity contribution in [2.75, 3.05) is 12.4 Å². The number of halogens is 2. The Morgan fingerprint density at radius 3 is 2.54 bits per heavy atom. The number of aromatic nitrogens is 3. The van der Waals surface area contributed by atoms with Gasteiger partial charge in [-0.3, -0.25) is 9.78 Å². The maximum Gasteiger partial charge on any atom is 0.279 e. The number of methoxy groups -OCH3 is 1. The van der Waals surface area contributed by atoms with E-state index in [9.17, 15) is 9.18 Å². The number of hydrogen-bond donors (Lipinski definition) is 2. The highest BCUT2D eigenvalue weighted by atomic mass is 35.5. The molecule has 122 valence electrons. The van der Waals surface area contributed by atoms with Gasteiger partial charge in [0.2, 0.25) is 5.95 Å². The summed E-state index contributed by atoms with van der Waals surface area (Å²) in [6.45, 7) is 0. The third-order valence-corrected chi connectivity index (χ3v) is 3.53. The highest BCUT2D eigenvalue weighted by Crippen LogP contribution is 2.21. The van der Waals surface area contributed by atoms with Gasteiger partial charge in [0.15, 0.2) is 5.69 Å². The van der Waals surface area contributed by atoms with Gasteiger partial charge in [-0.25, -0.2) is 4.39 Å². The second kappa shape index (κ2) is 6.67. The van der Waals surface area contributed by atoms with E-state index in [0.717, 1.165) is 0 Å². The Morgan fingerprint density at radius 1 is 1.17 bits per heavy atom. The first-order chi connectivity index (χ1) is 11.6. The summed E-state index contributed by atoms with van der Waals surface area (Å²) in [7, 11) is 1.56. The monoisotopic (exact) mass is 346 g/mol. The Balaban J connectivity index is 1.86. The summed E-state index contributed by atoms with van der Waals surface area (Å²) in [4.78, 5) is 14.8. The van der Waals surface area contributed by atoms with E-state index < -0.39 is 11.4 Å². The standard InChI is InChI=1S/C16H12ClFN4O2/c1-24-11-5-2-9(3-6-11)14-15(23)20-16(22-21-14)19-10-4-7-13(18)12(17)8-10/h2-8H,1H3,(H2,19,20,22,23). The molecule has 0 fully saturated rings. The van der Waals surface area contributed by atoms with Gasteiger partial charge in [-0.15, -0.1) is 10.2 Å². The molecule has 2 aromatic carbocycles. The topological polar surface area (TPSA) is 79.9 Å². The average molecular weight is 347 g/mol. The zero-order valence-corrected chi connectivity index (χ0v) is 13.3. The summed E-state index contributed by atoms with van der Waals surface area (Å²) >= 11 is 5.71. The third-order valence-electron chi connectivity index (χ3n) is 3.24. The van der Waals surface area contributed by atoms with Crippen LogP contribution >= 0.6 is 11.6 Å². The summed E-state index contributed by atoms with van der Waals surface area (Å²) in [6.07, 6.45) is 0. The summed E-state index contributed by atoms with van der Waals surface area (Å²) in [6, 6.07) is 10.9. The number of benzene rings is 2. The van der Waals surface area contributed by atoms with Crippen LogP contribution in [0.1, 0.15) is 0 Å². The molecule has 3 aromatic rings. The second-order valence-corrected chi connectivity index (χ2v) is 5.24. The fourth-order valence-electron chi connectivity index (χ4n) is 2.04. The van der Waals surface area contributed by atoms with Gasteiger partial charge >= 0.3 is 0 Å². The molecule has 0 aliphatic heterocycles. The molecule has 0 amide bonds. The lowest BCUT2D eigenvalue weighted by atomic mass is 10.1. The molecular formula is C16H12ClFN4O2. The molecule has 0 aliphatic carbocycles. The minimum atomic E-state index is -0.531. The zero-order valence-electron chi connectivity index (χ0n) is 12.5. The lowest BCUT2D eigenvalue weighted by Crippen LogP contribution is -2.15. The van der Waals surface area contributed by atoms with E-state index in [2.05, 4.69) is 20.5 Å². The molecule has 8 heteroatoms. The Kier molecular flexibility index (Phi) is 4.43. The number of hydrogen-bond acceptors (Lipinski definition) is 5. The van der Waals surface area contributed by atoms with Gasteiger partial charge in [0.05, 0.1) is 12.1 Å². The van der Waals surface area contributed by atoms with Crippen LogP contribution in [0.3, 0.4) is 0 Å². The lowest BCUT2D eigenvalue weighted by Gasteiger charge is -2.06. The highest BCUT2D eigenvalue weighted by Gasteiger charge is 2.09. The van der Waals surface area contributed by atoms with Crippen molar-refractivity contribution in [2.45, 2.75) is 0 Å². The maximum atomic E-state index is 13.1. The molecule has 0 spiro atoms. The molecule has 3 rings (SSSR count). The summed E-state index contributed by atoms with van der Waals surface area (Å²) in [5.74, 6) is 0.270. The average Bonchev–Trinajstić information content (AvgIpc) is 2.59. The number of ether oxygens (including phenoxy) is 1. The van der Waals surface area contributed by atoms with E-state index in [1.165, 1.54) is 18.2 Å². The summed E-state index contributed by atoms with van der Waals surface area (Å²) in [5, 5.41) is 10.6. The quantitative estimate of drug-likeness (QED) is 0.757. The molecular weight excluding hydrogens is 335 g/mol. The van der Waals surface area contributed by atoms with E-state index in [-0.39, 0.29) is 16.7 Å². The predicted molar refractivity (Wildman–Crippen MR) is 89.3 cm³/mol. The first kappa shape index (κ1) is 15.9. The fraction of sp³-hybridized carbons (Fsp3) is 0.0625. The van der Waals surface area contributed by atoms with Crippen molar-refractivity contribution in [3.63, 3.8) is 0 Å². The van der Waals surface area contributed by atoms with E-state index in [1.54, 1.807) is 31.4 Å². The first-order valence-corrected chi connectivity index (χ1v) is 7.28. The molecule has 0 bridgehead atoms. The molecule has 0 unspecified atom stereocenters. The smallest absolute Gasteiger partial charge is 0.279 e. The number of nitrogens with one attached hydrogen (secondary N) is 2. The highest BCUT2D eigenvalue weighted by molar-refractivity contribution is 6.31. The van der Waals surface area contributed by atoms with Gasteiger partial charge in [0.25, 0.3) is 5.56 Å². The molecule has 2 N–H and O–H groups in total. The number of nitrogens with zero attached hydrogens (tertiary/aromatic N) is 2. The van der Waals surface area contributed by atoms with Gasteiger partial charge in [-0.05, 0) is 42.5 Å². The van der Waals surface area contributed by atoms with Crippen LogP contribution in [0.5, 0.6) is 5.75 Å². The van der Waals surface area contributed by atoms with Crippen LogP contribution in [0.25, 0.3) is 11.3 Å². The fourth-order valence-corrected chi connectivity index (χ4v) is 2.22. The lowest BCUT2D eigenvalue weighted by molar-refractivity contribution is 0.415. The zero-order chi connectivity index (χ0) is 17.1. The van der Waals surface area contributed by atoms with Gasteiger partial charge in [-0.2, -0.15) is 0 Å². The van der Waals surface area contributed by atoms with Gasteiger partial charge in [-0.1, -0.05) is 11.6 Å². The minimum Gasteiger partial charge on any atom is -0.497 e. The maximum absolute atomic E-state index is 13.1. The van der Waals surface area contributed by atoms with Crippen LogP contribution in [-0.4, -0.2) is 22.3 Å². The molecule has 6 nitrogen and oxygen atoms in total. The SMILES string of the molecule is COc1ccc(-c2nnc(Nc3ccc(F)c(Cl)c3)[nH]c2=O)cc1. The number of aromatic amines is 1. The Hall–Kier alpha value is -2.93. The van der Waals surface area contributed by atoms with Crippen molar-refractivity contribution >= 4 is 23.2 Å². The Bertz CT molecular complexity index is 928. The molecule has 0 saturated carbocycles. The Morgan fingerprint density at radius 2 is 1.92 bits per heavy atom. The predicted octanol–water partition coefficient (Wildman–Crippen LogP) is 3.38. The minimum absolute atomic E-state index is 0.0369. The van der Waals surface area contributed by atoms with Crippen molar-refractivity contribution in [1.29, 1.82) is 0 Å². The number of rotatable bonds is 4. The molecule has 0 saturated heterocycles. The van der Waals surface area contributed by atoms with E-state index in [1.807, 2.05) is 0 Å². The summed E-state index contributed by atoms with van der Waals surface area (Å²) < 4.78 is 18.2. The van der Waals surface area contributed by atoms with Crippen molar-refractivity contribution < 1.29 is 9.13 Å². The van der Waals surface area contributed by atoms with Crippen LogP contribution in [0, 0.1) is 5.82 Å². The Labute approximate surface area is 141 Å². The van der Waals surface area contributed by atoms with Crippen LogP contribution < -0.4 is 15.6 Å². The van der Waals surface area contributed by atoms with Crippen LogP contribution in [0.2, 0.25) is 5.02 Å². The molecule has 24 heavy (non-hydrogen) atoms. The second-order valence-electron chi connectivity index (χ2n) is 4.83.